The third-order valence-electron chi connectivity index (χ3n) is 3.99. The normalized spacial score (nSPS) is 12.2. The minimum Gasteiger partial charge on any atom is -0.445 e. The molecule has 2 rings (SSSR count). The largest absolute Gasteiger partial charge is 0.445 e. The van der Waals surface area contributed by atoms with E-state index in [0.29, 0.717) is 0 Å². The zero-order chi connectivity index (χ0) is 20.7. The van der Waals surface area contributed by atoms with E-state index >= 15 is 0 Å². The van der Waals surface area contributed by atoms with Gasteiger partial charge in [-0.2, -0.15) is 13.2 Å². The molecule has 150 valence electrons. The predicted octanol–water partition coefficient (Wildman–Crippen LogP) is 3.63. The van der Waals surface area contributed by atoms with Crippen LogP contribution in [0.25, 0.3) is 0 Å². The first-order valence-electron chi connectivity index (χ1n) is 8.52. The molecule has 2 aromatic rings. The van der Waals surface area contributed by atoms with Gasteiger partial charge in [-0.05, 0) is 17.2 Å². The van der Waals surface area contributed by atoms with Crippen molar-refractivity contribution in [2.24, 2.45) is 0 Å². The highest BCUT2D eigenvalue weighted by Gasteiger charge is 2.34. The van der Waals surface area contributed by atoms with Crippen LogP contribution in [0.15, 0.2) is 54.6 Å². The van der Waals surface area contributed by atoms with Gasteiger partial charge in [0.1, 0.15) is 12.6 Å². The minimum absolute atomic E-state index is 0.0192. The number of carbonyl (C=O) groups is 2. The van der Waals surface area contributed by atoms with E-state index in [4.69, 9.17) is 4.74 Å². The maximum atomic E-state index is 13.2. The van der Waals surface area contributed by atoms with Gasteiger partial charge in [0.15, 0.2) is 0 Å². The fourth-order valence-corrected chi connectivity index (χ4v) is 2.61. The first kappa shape index (κ1) is 21.3. The molecule has 5 nitrogen and oxygen atoms in total. The average molecular weight is 394 g/mol. The zero-order valence-corrected chi connectivity index (χ0v) is 15.5. The second-order valence-corrected chi connectivity index (χ2v) is 6.35. The summed E-state index contributed by atoms with van der Waals surface area (Å²) in [6.45, 7) is -0.0192. The molecule has 0 aliphatic carbocycles. The molecule has 0 radical (unpaired) electrons. The zero-order valence-electron chi connectivity index (χ0n) is 15.5. The van der Waals surface area contributed by atoms with E-state index in [9.17, 15) is 22.8 Å². The summed E-state index contributed by atoms with van der Waals surface area (Å²) in [7, 11) is 2.92. The van der Waals surface area contributed by atoms with E-state index in [1.54, 1.807) is 24.3 Å². The molecular weight excluding hydrogens is 373 g/mol. The van der Waals surface area contributed by atoms with Crippen LogP contribution in [0.3, 0.4) is 0 Å². The molecule has 2 amide bonds. The standard InChI is InChI=1S/C20H21F3N2O3/c1-25(2)18(26)17(12-15-10-6-7-11-16(15)20(21,22)23)24-19(27)28-13-14-8-4-3-5-9-14/h3-11,17H,12-13H2,1-2H3,(H,24,27)/t17-/m1/s1. The van der Waals surface area contributed by atoms with Crippen molar-refractivity contribution in [3.05, 3.63) is 71.3 Å². The van der Waals surface area contributed by atoms with Crippen LogP contribution in [-0.2, 0) is 28.7 Å². The van der Waals surface area contributed by atoms with Gasteiger partial charge in [0.2, 0.25) is 5.91 Å². The van der Waals surface area contributed by atoms with E-state index < -0.39 is 29.8 Å². The first-order valence-corrected chi connectivity index (χ1v) is 8.52. The smallest absolute Gasteiger partial charge is 0.416 e. The molecular formula is C20H21F3N2O3. The van der Waals surface area contributed by atoms with E-state index in [1.807, 2.05) is 6.07 Å². The Balaban J connectivity index is 2.13. The molecule has 0 aliphatic heterocycles. The topological polar surface area (TPSA) is 58.6 Å². The highest BCUT2D eigenvalue weighted by Crippen LogP contribution is 2.32. The van der Waals surface area contributed by atoms with Gasteiger partial charge < -0.3 is 15.0 Å². The Morgan fingerprint density at radius 1 is 1.04 bits per heavy atom. The van der Waals surface area contributed by atoms with Gasteiger partial charge in [0.25, 0.3) is 0 Å². The Morgan fingerprint density at radius 2 is 1.64 bits per heavy atom. The number of halogens is 3. The monoisotopic (exact) mass is 394 g/mol. The number of benzene rings is 2. The number of hydrogen-bond donors (Lipinski definition) is 1. The van der Waals surface area contributed by atoms with Gasteiger partial charge in [-0.15, -0.1) is 0 Å². The molecule has 0 bridgehead atoms. The number of ether oxygens (including phenoxy) is 1. The van der Waals surface area contributed by atoms with E-state index in [1.165, 1.54) is 37.2 Å². The summed E-state index contributed by atoms with van der Waals surface area (Å²) in [5.41, 5.74) is -0.180. The lowest BCUT2D eigenvalue weighted by Gasteiger charge is -2.23. The van der Waals surface area contributed by atoms with Crippen molar-refractivity contribution in [3.8, 4) is 0 Å². The molecule has 0 fully saturated rings. The number of rotatable bonds is 6. The highest BCUT2D eigenvalue weighted by molar-refractivity contribution is 5.85. The van der Waals surface area contributed by atoms with Crippen molar-refractivity contribution >= 4 is 12.0 Å². The van der Waals surface area contributed by atoms with Gasteiger partial charge in [-0.1, -0.05) is 48.5 Å². The fourth-order valence-electron chi connectivity index (χ4n) is 2.61. The first-order chi connectivity index (χ1) is 13.2. The second kappa shape index (κ2) is 9.25. The number of amides is 2. The van der Waals surface area contributed by atoms with Crippen molar-refractivity contribution in [3.63, 3.8) is 0 Å². The lowest BCUT2D eigenvalue weighted by Crippen LogP contribution is -2.47. The summed E-state index contributed by atoms with van der Waals surface area (Å²) in [4.78, 5) is 25.7. The molecule has 0 spiro atoms. The van der Waals surface area contributed by atoms with Crippen molar-refractivity contribution in [2.45, 2.75) is 25.2 Å². The Morgan fingerprint density at radius 3 is 2.25 bits per heavy atom. The molecule has 28 heavy (non-hydrogen) atoms. The van der Waals surface area contributed by atoms with Crippen LogP contribution in [0.4, 0.5) is 18.0 Å². The molecule has 1 atom stereocenters. The van der Waals surface area contributed by atoms with Gasteiger partial charge in [0, 0.05) is 20.5 Å². The van der Waals surface area contributed by atoms with Crippen LogP contribution in [-0.4, -0.2) is 37.0 Å². The number of alkyl halides is 3. The van der Waals surface area contributed by atoms with Crippen LogP contribution in [0.2, 0.25) is 0 Å². The van der Waals surface area contributed by atoms with Gasteiger partial charge >= 0.3 is 12.3 Å². The molecule has 1 N–H and O–H groups in total. The Hall–Kier alpha value is -3.03. The maximum Gasteiger partial charge on any atom is 0.416 e. The van der Waals surface area contributed by atoms with Gasteiger partial charge in [-0.3, -0.25) is 4.79 Å². The predicted molar refractivity (Wildman–Crippen MR) is 97.4 cm³/mol. The van der Waals surface area contributed by atoms with E-state index in [2.05, 4.69) is 5.32 Å². The van der Waals surface area contributed by atoms with Crippen molar-refractivity contribution in [1.82, 2.24) is 10.2 Å². The number of nitrogens with zero attached hydrogens (tertiary/aromatic N) is 1. The summed E-state index contributed by atoms with van der Waals surface area (Å²) < 4.78 is 44.7. The third kappa shape index (κ3) is 6.00. The summed E-state index contributed by atoms with van der Waals surface area (Å²) >= 11 is 0. The van der Waals surface area contributed by atoms with Crippen molar-refractivity contribution in [2.75, 3.05) is 14.1 Å². The highest BCUT2D eigenvalue weighted by atomic mass is 19.4. The number of carbonyl (C=O) groups excluding carboxylic acids is 2. The Kier molecular flexibility index (Phi) is 7.03. The number of likely N-dealkylation sites (N-methyl/N-ethyl adjacent to an activating group) is 1. The molecule has 2 aromatic carbocycles. The van der Waals surface area contributed by atoms with Crippen LogP contribution in [0.5, 0.6) is 0 Å². The molecule has 0 heterocycles. The van der Waals surface area contributed by atoms with Crippen LogP contribution < -0.4 is 5.32 Å². The van der Waals surface area contributed by atoms with Gasteiger partial charge in [-0.25, -0.2) is 4.79 Å². The Bertz CT molecular complexity index is 808. The number of hydrogen-bond acceptors (Lipinski definition) is 3. The van der Waals surface area contributed by atoms with Crippen LogP contribution in [0, 0.1) is 0 Å². The Labute approximate surface area is 161 Å². The van der Waals surface area contributed by atoms with Crippen molar-refractivity contribution in [1.29, 1.82) is 0 Å². The second-order valence-electron chi connectivity index (χ2n) is 6.35. The molecule has 0 unspecified atom stereocenters. The molecule has 8 heteroatoms. The van der Waals surface area contributed by atoms with E-state index in [0.717, 1.165) is 11.6 Å². The van der Waals surface area contributed by atoms with Crippen LogP contribution >= 0.6 is 0 Å². The summed E-state index contributed by atoms with van der Waals surface area (Å²) in [5.74, 6) is -0.534. The summed E-state index contributed by atoms with van der Waals surface area (Å²) in [6, 6.07) is 12.7. The molecule has 0 saturated heterocycles. The lowest BCUT2D eigenvalue weighted by atomic mass is 9.99. The van der Waals surface area contributed by atoms with Crippen LogP contribution in [0.1, 0.15) is 16.7 Å². The van der Waals surface area contributed by atoms with E-state index in [-0.39, 0.29) is 18.6 Å². The summed E-state index contributed by atoms with van der Waals surface area (Å²) in [5, 5.41) is 2.38. The third-order valence-corrected chi connectivity index (χ3v) is 3.99. The number of alkyl carbamates (subject to hydrolysis) is 1. The maximum absolute atomic E-state index is 13.2. The number of nitrogens with one attached hydrogen (secondary N) is 1. The van der Waals surface area contributed by atoms with Crippen molar-refractivity contribution < 1.29 is 27.5 Å². The SMILES string of the molecule is CN(C)C(=O)[C@@H](Cc1ccccc1C(F)(F)F)NC(=O)OCc1ccccc1. The van der Waals surface area contributed by atoms with Gasteiger partial charge in [0.05, 0.1) is 5.56 Å². The minimum atomic E-state index is -4.56. The molecule has 0 aliphatic rings. The molecule has 0 aromatic heterocycles. The summed E-state index contributed by atoms with van der Waals surface area (Å²) in [6.07, 6.45) is -5.75. The average Bonchev–Trinajstić information content (AvgIpc) is 2.65. The lowest BCUT2D eigenvalue weighted by molar-refractivity contribution is -0.138. The fraction of sp³-hybridized carbons (Fsp3) is 0.300. The molecule has 0 saturated carbocycles. The quantitative estimate of drug-likeness (QED) is 0.814.